The van der Waals surface area contributed by atoms with E-state index in [1.165, 1.54) is 39.8 Å². The van der Waals surface area contributed by atoms with E-state index in [1.807, 2.05) is 11.3 Å². The first-order valence-corrected chi connectivity index (χ1v) is 8.43. The van der Waals surface area contributed by atoms with Gasteiger partial charge in [-0.1, -0.05) is 30.4 Å². The molecule has 0 bridgehead atoms. The summed E-state index contributed by atoms with van der Waals surface area (Å²) in [7, 11) is 0. The molecule has 3 rings (SSSR count). The van der Waals surface area contributed by atoms with Gasteiger partial charge in [0.25, 0.3) is 0 Å². The maximum absolute atomic E-state index is 3.75. The summed E-state index contributed by atoms with van der Waals surface area (Å²) in [5, 5.41) is 5.17. The van der Waals surface area contributed by atoms with Crippen molar-refractivity contribution in [3.05, 3.63) is 46.9 Å². The molecule has 2 unspecified atom stereocenters. The predicted molar refractivity (Wildman–Crippen MR) is 89.5 cm³/mol. The van der Waals surface area contributed by atoms with Crippen LogP contribution in [0, 0.1) is 12.8 Å². The normalized spacial score (nSPS) is 20.4. The minimum absolute atomic E-state index is 0.457. The van der Waals surface area contributed by atoms with E-state index in [-0.39, 0.29) is 0 Å². The van der Waals surface area contributed by atoms with Gasteiger partial charge >= 0.3 is 0 Å². The summed E-state index contributed by atoms with van der Waals surface area (Å²) in [5.41, 5.74) is 1.45. The van der Waals surface area contributed by atoms with E-state index in [0.717, 1.165) is 12.5 Å². The van der Waals surface area contributed by atoms with Gasteiger partial charge in [-0.25, -0.2) is 0 Å². The third-order valence-corrected chi connectivity index (χ3v) is 5.82. The molecule has 1 aromatic carbocycles. The first-order valence-electron chi connectivity index (χ1n) is 7.62. The molecule has 1 aliphatic carbocycles. The summed E-state index contributed by atoms with van der Waals surface area (Å²) >= 11 is 1.94. The van der Waals surface area contributed by atoms with Crippen LogP contribution in [0.1, 0.15) is 42.7 Å². The second-order valence-corrected chi connectivity index (χ2v) is 6.95. The lowest BCUT2D eigenvalue weighted by Gasteiger charge is -2.21. The van der Waals surface area contributed by atoms with Gasteiger partial charge in [-0.15, -0.1) is 11.3 Å². The third-order valence-electron chi connectivity index (χ3n) is 4.36. The number of hydrogen-bond acceptors (Lipinski definition) is 2. The minimum atomic E-state index is 0.457. The van der Waals surface area contributed by atoms with E-state index in [2.05, 4.69) is 55.6 Å². The zero-order valence-corrected chi connectivity index (χ0v) is 13.2. The quantitative estimate of drug-likeness (QED) is 0.760. The molecule has 1 aliphatic rings. The summed E-state index contributed by atoms with van der Waals surface area (Å²) in [4.78, 5) is 1.50. The Hall–Kier alpha value is -1.12. The Balaban J connectivity index is 1.70. The summed E-state index contributed by atoms with van der Waals surface area (Å²) < 4.78 is 1.41. The van der Waals surface area contributed by atoms with Gasteiger partial charge in [0.15, 0.2) is 0 Å². The molecule has 1 heterocycles. The van der Waals surface area contributed by atoms with E-state index in [4.69, 9.17) is 0 Å². The summed E-state index contributed by atoms with van der Waals surface area (Å²) in [5.74, 6) is 0.817. The fraction of sp³-hybridized carbons (Fsp3) is 0.444. The van der Waals surface area contributed by atoms with Gasteiger partial charge in [0.2, 0.25) is 0 Å². The van der Waals surface area contributed by atoms with Crippen LogP contribution in [0.2, 0.25) is 0 Å². The Morgan fingerprint density at radius 1 is 1.30 bits per heavy atom. The summed E-state index contributed by atoms with van der Waals surface area (Å²) in [6.45, 7) is 5.70. The number of benzene rings is 1. The lowest BCUT2D eigenvalue weighted by atomic mass is 9.94. The van der Waals surface area contributed by atoms with E-state index >= 15 is 0 Å². The molecule has 2 atom stereocenters. The van der Waals surface area contributed by atoms with Gasteiger partial charge < -0.3 is 5.32 Å². The fourth-order valence-electron chi connectivity index (χ4n) is 3.08. The van der Waals surface area contributed by atoms with Crippen molar-refractivity contribution in [2.45, 2.75) is 39.2 Å². The van der Waals surface area contributed by atoms with Gasteiger partial charge in [0.1, 0.15) is 0 Å². The second kappa shape index (κ2) is 6.11. The molecule has 0 spiro atoms. The zero-order chi connectivity index (χ0) is 13.9. The van der Waals surface area contributed by atoms with Crippen molar-refractivity contribution in [3.63, 3.8) is 0 Å². The highest BCUT2D eigenvalue weighted by Gasteiger charge is 2.16. The largest absolute Gasteiger partial charge is 0.309 e. The zero-order valence-electron chi connectivity index (χ0n) is 12.4. The molecule has 0 amide bonds. The van der Waals surface area contributed by atoms with Gasteiger partial charge in [0, 0.05) is 15.6 Å². The topological polar surface area (TPSA) is 12.0 Å². The summed E-state index contributed by atoms with van der Waals surface area (Å²) in [6.07, 6.45) is 8.48. The van der Waals surface area contributed by atoms with Crippen molar-refractivity contribution >= 4 is 21.4 Å². The second-order valence-electron chi connectivity index (χ2n) is 5.87. The Bertz CT molecular complexity index is 611. The lowest BCUT2D eigenvalue weighted by Crippen LogP contribution is -2.26. The average molecular weight is 285 g/mol. The monoisotopic (exact) mass is 285 g/mol. The van der Waals surface area contributed by atoms with Crippen molar-refractivity contribution in [1.29, 1.82) is 0 Å². The molecule has 0 fully saturated rings. The van der Waals surface area contributed by atoms with E-state index in [9.17, 15) is 0 Å². The number of rotatable bonds is 4. The highest BCUT2D eigenvalue weighted by atomic mass is 32.1. The lowest BCUT2D eigenvalue weighted by molar-refractivity contribution is 0.417. The smallest absolute Gasteiger partial charge is 0.0389 e. The first-order chi connectivity index (χ1) is 9.75. The SMILES string of the molecule is Cc1c(C(C)NCC2CC=CCC2)sc2ccccc12. The van der Waals surface area contributed by atoms with Gasteiger partial charge in [0.05, 0.1) is 0 Å². The van der Waals surface area contributed by atoms with Crippen molar-refractivity contribution < 1.29 is 0 Å². The number of hydrogen-bond donors (Lipinski definition) is 1. The number of thiophene rings is 1. The van der Waals surface area contributed by atoms with Crippen LogP contribution < -0.4 is 5.32 Å². The van der Waals surface area contributed by atoms with Crippen LogP contribution in [0.15, 0.2) is 36.4 Å². The van der Waals surface area contributed by atoms with E-state index < -0.39 is 0 Å². The van der Waals surface area contributed by atoms with Crippen LogP contribution in [-0.4, -0.2) is 6.54 Å². The highest BCUT2D eigenvalue weighted by molar-refractivity contribution is 7.19. The van der Waals surface area contributed by atoms with Crippen LogP contribution >= 0.6 is 11.3 Å². The molecule has 106 valence electrons. The maximum Gasteiger partial charge on any atom is 0.0389 e. The Kier molecular flexibility index (Phi) is 4.23. The van der Waals surface area contributed by atoms with Crippen molar-refractivity contribution in [2.24, 2.45) is 5.92 Å². The molecule has 0 radical (unpaired) electrons. The standard InChI is InChI=1S/C18H23NS/c1-13-16-10-6-7-11-17(16)20-18(13)14(2)19-12-15-8-4-3-5-9-15/h3-4,6-7,10-11,14-15,19H,5,8-9,12H2,1-2H3. The van der Waals surface area contributed by atoms with Gasteiger partial charge in [-0.3, -0.25) is 0 Å². The van der Waals surface area contributed by atoms with E-state index in [0.29, 0.717) is 6.04 Å². The molecule has 0 saturated heterocycles. The molecule has 2 aromatic rings. The van der Waals surface area contributed by atoms with Crippen molar-refractivity contribution in [1.82, 2.24) is 5.32 Å². The summed E-state index contributed by atoms with van der Waals surface area (Å²) in [6, 6.07) is 9.20. The van der Waals surface area contributed by atoms with E-state index in [1.54, 1.807) is 0 Å². The van der Waals surface area contributed by atoms with Crippen LogP contribution in [0.25, 0.3) is 10.1 Å². The molecule has 1 aromatic heterocycles. The maximum atomic E-state index is 3.75. The number of aryl methyl sites for hydroxylation is 1. The number of nitrogens with one attached hydrogen (secondary N) is 1. The first kappa shape index (κ1) is 13.8. The molecule has 1 N–H and O–H groups in total. The molecular weight excluding hydrogens is 262 g/mol. The average Bonchev–Trinajstić information content (AvgIpc) is 2.84. The van der Waals surface area contributed by atoms with Crippen molar-refractivity contribution in [2.75, 3.05) is 6.54 Å². The van der Waals surface area contributed by atoms with Crippen LogP contribution in [0.3, 0.4) is 0 Å². The molecular formula is C18H23NS. The molecule has 1 nitrogen and oxygen atoms in total. The third kappa shape index (κ3) is 2.82. The van der Waals surface area contributed by atoms with Gasteiger partial charge in [-0.2, -0.15) is 0 Å². The van der Waals surface area contributed by atoms with Crippen molar-refractivity contribution in [3.8, 4) is 0 Å². The number of fused-ring (bicyclic) bond motifs is 1. The van der Waals surface area contributed by atoms with Crippen LogP contribution in [0.4, 0.5) is 0 Å². The molecule has 0 aliphatic heterocycles. The van der Waals surface area contributed by atoms with Crippen LogP contribution in [0.5, 0.6) is 0 Å². The molecule has 20 heavy (non-hydrogen) atoms. The fourth-order valence-corrected chi connectivity index (χ4v) is 4.32. The molecule has 0 saturated carbocycles. The Morgan fingerprint density at radius 3 is 2.90 bits per heavy atom. The predicted octanol–water partition coefficient (Wildman–Crippen LogP) is 5.22. The minimum Gasteiger partial charge on any atom is -0.309 e. The number of allylic oxidation sites excluding steroid dienone is 2. The Morgan fingerprint density at radius 2 is 2.15 bits per heavy atom. The van der Waals surface area contributed by atoms with Crippen LogP contribution in [-0.2, 0) is 0 Å². The Labute approximate surface area is 125 Å². The highest BCUT2D eigenvalue weighted by Crippen LogP contribution is 2.34. The molecule has 2 heteroatoms. The van der Waals surface area contributed by atoms with Gasteiger partial charge in [-0.05, 0) is 62.6 Å².